The summed E-state index contributed by atoms with van der Waals surface area (Å²) >= 11 is 1.02. The van der Waals surface area contributed by atoms with Crippen LogP contribution in [0.3, 0.4) is 0 Å². The van der Waals surface area contributed by atoms with E-state index in [1.54, 1.807) is 17.5 Å². The van der Waals surface area contributed by atoms with Gasteiger partial charge in [-0.05, 0) is 29.8 Å². The second-order valence-electron chi connectivity index (χ2n) is 3.15. The molecule has 0 saturated carbocycles. The molecule has 2 heterocycles. The van der Waals surface area contributed by atoms with Crippen LogP contribution in [0, 0.1) is 10.1 Å². The molecule has 0 spiro atoms. The van der Waals surface area contributed by atoms with Crippen molar-refractivity contribution in [1.82, 2.24) is 0 Å². The summed E-state index contributed by atoms with van der Waals surface area (Å²) in [7, 11) is 0. The summed E-state index contributed by atoms with van der Waals surface area (Å²) in [5, 5.41) is 12.1. The number of allylic oxidation sites excluding steroid dienone is 1. The molecule has 0 fully saturated rings. The number of hydrogen-bond acceptors (Lipinski definition) is 5. The van der Waals surface area contributed by atoms with Gasteiger partial charge in [-0.25, -0.2) is 0 Å². The highest BCUT2D eigenvalue weighted by molar-refractivity contribution is 7.13. The van der Waals surface area contributed by atoms with Crippen LogP contribution in [0.5, 0.6) is 0 Å². The molecule has 0 amide bonds. The Kier molecular flexibility index (Phi) is 3.15. The van der Waals surface area contributed by atoms with E-state index in [0.29, 0.717) is 5.56 Å². The maximum absolute atomic E-state index is 11.5. The van der Waals surface area contributed by atoms with E-state index in [1.165, 1.54) is 24.5 Å². The summed E-state index contributed by atoms with van der Waals surface area (Å²) < 4.78 is 4.92. The standard InChI is InChI=1S/C11H7NO4S/c13-9(10-2-1-5-16-10)4-3-8-6-11(12(14)15)17-7-8/h1-7H. The van der Waals surface area contributed by atoms with Crippen LogP contribution in [0.15, 0.2) is 40.3 Å². The number of furan rings is 1. The summed E-state index contributed by atoms with van der Waals surface area (Å²) in [6, 6.07) is 4.59. The van der Waals surface area contributed by atoms with Crippen LogP contribution in [-0.2, 0) is 0 Å². The molecule has 17 heavy (non-hydrogen) atoms. The summed E-state index contributed by atoms with van der Waals surface area (Å²) in [4.78, 5) is 21.5. The number of carbonyl (C=O) groups excluding carboxylic acids is 1. The number of thiophene rings is 1. The molecule has 0 aromatic carbocycles. The molecule has 2 rings (SSSR count). The van der Waals surface area contributed by atoms with E-state index < -0.39 is 4.92 Å². The average molecular weight is 249 g/mol. The third-order valence-electron chi connectivity index (χ3n) is 1.98. The van der Waals surface area contributed by atoms with E-state index >= 15 is 0 Å². The van der Waals surface area contributed by atoms with Gasteiger partial charge in [-0.2, -0.15) is 0 Å². The quantitative estimate of drug-likeness (QED) is 0.361. The fourth-order valence-electron chi connectivity index (χ4n) is 1.19. The first-order valence-electron chi connectivity index (χ1n) is 4.65. The zero-order chi connectivity index (χ0) is 12.3. The van der Waals surface area contributed by atoms with Crippen molar-refractivity contribution in [1.29, 1.82) is 0 Å². The minimum absolute atomic E-state index is 0.0510. The SMILES string of the molecule is O=C(C=Cc1csc([N+](=O)[O-])c1)c1ccco1. The normalized spacial score (nSPS) is 10.8. The van der Waals surface area contributed by atoms with Gasteiger partial charge in [-0.1, -0.05) is 11.3 Å². The molecular formula is C11H7NO4S. The van der Waals surface area contributed by atoms with Crippen LogP contribution in [0.25, 0.3) is 6.08 Å². The highest BCUT2D eigenvalue weighted by atomic mass is 32.1. The van der Waals surface area contributed by atoms with Gasteiger partial charge in [0.2, 0.25) is 5.78 Å². The molecule has 0 aliphatic rings. The second-order valence-corrected chi connectivity index (χ2v) is 4.04. The lowest BCUT2D eigenvalue weighted by Crippen LogP contribution is -1.89. The lowest BCUT2D eigenvalue weighted by Gasteiger charge is -1.86. The Hall–Kier alpha value is -2.21. The topological polar surface area (TPSA) is 73.3 Å². The molecule has 0 bridgehead atoms. The average Bonchev–Trinajstić information content (AvgIpc) is 2.97. The van der Waals surface area contributed by atoms with E-state index in [9.17, 15) is 14.9 Å². The maximum Gasteiger partial charge on any atom is 0.324 e. The molecule has 86 valence electrons. The van der Waals surface area contributed by atoms with Crippen molar-refractivity contribution in [3.8, 4) is 0 Å². The minimum atomic E-state index is -0.462. The Bertz CT molecular complexity index is 568. The van der Waals surface area contributed by atoms with Gasteiger partial charge in [-0.3, -0.25) is 14.9 Å². The Morgan fingerprint density at radius 1 is 1.53 bits per heavy atom. The van der Waals surface area contributed by atoms with Crippen molar-refractivity contribution < 1.29 is 14.1 Å². The van der Waals surface area contributed by atoms with Crippen LogP contribution in [0.1, 0.15) is 16.1 Å². The van der Waals surface area contributed by atoms with E-state index in [-0.39, 0.29) is 16.5 Å². The molecule has 2 aromatic rings. The first-order chi connectivity index (χ1) is 8.16. The van der Waals surface area contributed by atoms with Crippen molar-refractivity contribution in [2.24, 2.45) is 0 Å². The Balaban J connectivity index is 2.10. The van der Waals surface area contributed by atoms with Gasteiger partial charge < -0.3 is 4.42 Å². The monoisotopic (exact) mass is 249 g/mol. The first-order valence-corrected chi connectivity index (χ1v) is 5.53. The summed E-state index contributed by atoms with van der Waals surface area (Å²) in [6.07, 6.45) is 4.26. The van der Waals surface area contributed by atoms with Crippen molar-refractivity contribution in [3.63, 3.8) is 0 Å². The van der Waals surface area contributed by atoms with Gasteiger partial charge in [0.1, 0.15) is 0 Å². The molecule has 0 N–H and O–H groups in total. The minimum Gasteiger partial charge on any atom is -0.461 e. The zero-order valence-electron chi connectivity index (χ0n) is 8.53. The summed E-state index contributed by atoms with van der Waals surface area (Å²) in [5.74, 6) is -0.0326. The number of carbonyl (C=O) groups is 1. The van der Waals surface area contributed by atoms with E-state index in [1.807, 2.05) is 0 Å². The van der Waals surface area contributed by atoms with Gasteiger partial charge in [0, 0.05) is 11.4 Å². The largest absolute Gasteiger partial charge is 0.461 e. The number of nitro groups is 1. The first kappa shape index (κ1) is 11.3. The molecule has 6 heteroatoms. The van der Waals surface area contributed by atoms with Gasteiger partial charge >= 0.3 is 5.00 Å². The molecule has 0 saturated heterocycles. The number of ketones is 1. The van der Waals surface area contributed by atoms with Crippen LogP contribution < -0.4 is 0 Å². The van der Waals surface area contributed by atoms with Crippen molar-refractivity contribution in [3.05, 3.63) is 57.4 Å². The molecule has 0 atom stereocenters. The van der Waals surface area contributed by atoms with E-state index in [4.69, 9.17) is 4.42 Å². The van der Waals surface area contributed by atoms with Gasteiger partial charge in [0.05, 0.1) is 11.2 Å². The molecule has 5 nitrogen and oxygen atoms in total. The van der Waals surface area contributed by atoms with E-state index in [0.717, 1.165) is 11.3 Å². The van der Waals surface area contributed by atoms with Crippen molar-refractivity contribution in [2.75, 3.05) is 0 Å². The molecule has 0 unspecified atom stereocenters. The molecule has 0 aliphatic heterocycles. The lowest BCUT2D eigenvalue weighted by atomic mass is 10.2. The molecule has 0 radical (unpaired) electrons. The second kappa shape index (κ2) is 4.75. The third kappa shape index (κ3) is 2.67. The number of rotatable bonds is 4. The molecular weight excluding hydrogens is 242 g/mol. The lowest BCUT2D eigenvalue weighted by molar-refractivity contribution is -0.380. The fraction of sp³-hybridized carbons (Fsp3) is 0. The highest BCUT2D eigenvalue weighted by Crippen LogP contribution is 2.23. The predicted molar refractivity (Wildman–Crippen MR) is 63.0 cm³/mol. The predicted octanol–water partition coefficient (Wildman–Crippen LogP) is 3.15. The third-order valence-corrected chi connectivity index (χ3v) is 2.88. The molecule has 2 aromatic heterocycles. The van der Waals surface area contributed by atoms with Crippen LogP contribution in [0.2, 0.25) is 0 Å². The van der Waals surface area contributed by atoms with Gasteiger partial charge in [0.15, 0.2) is 5.76 Å². The van der Waals surface area contributed by atoms with Crippen molar-refractivity contribution >= 4 is 28.2 Å². The Labute approximate surface area is 100 Å². The molecule has 0 aliphatic carbocycles. The maximum atomic E-state index is 11.5. The van der Waals surface area contributed by atoms with Crippen LogP contribution >= 0.6 is 11.3 Å². The Morgan fingerprint density at radius 2 is 2.35 bits per heavy atom. The fourth-order valence-corrected chi connectivity index (χ4v) is 1.89. The number of hydrogen-bond donors (Lipinski definition) is 0. The number of nitrogens with zero attached hydrogens (tertiary/aromatic N) is 1. The van der Waals surface area contributed by atoms with Gasteiger partial charge in [-0.15, -0.1) is 0 Å². The summed E-state index contributed by atoms with van der Waals surface area (Å²) in [5.41, 5.74) is 0.626. The van der Waals surface area contributed by atoms with E-state index in [2.05, 4.69) is 0 Å². The van der Waals surface area contributed by atoms with Crippen LogP contribution in [0.4, 0.5) is 5.00 Å². The van der Waals surface area contributed by atoms with Crippen LogP contribution in [-0.4, -0.2) is 10.7 Å². The zero-order valence-corrected chi connectivity index (χ0v) is 9.35. The van der Waals surface area contributed by atoms with Crippen molar-refractivity contribution in [2.45, 2.75) is 0 Å². The highest BCUT2D eigenvalue weighted by Gasteiger charge is 2.08. The summed E-state index contributed by atoms with van der Waals surface area (Å²) in [6.45, 7) is 0. The van der Waals surface area contributed by atoms with Gasteiger partial charge in [0.25, 0.3) is 0 Å². The Morgan fingerprint density at radius 3 is 2.94 bits per heavy atom. The smallest absolute Gasteiger partial charge is 0.324 e.